The highest BCUT2D eigenvalue weighted by molar-refractivity contribution is 9.10. The third kappa shape index (κ3) is 1.54. The molecule has 0 aliphatic heterocycles. The topological polar surface area (TPSA) is 0 Å². The number of fused-ring (bicyclic) bond motifs is 1. The predicted molar refractivity (Wildman–Crippen MR) is 60.3 cm³/mol. The highest BCUT2D eigenvalue weighted by atomic mass is 79.9. The fourth-order valence-corrected chi connectivity index (χ4v) is 3.13. The summed E-state index contributed by atoms with van der Waals surface area (Å²) in [6.07, 6.45) is 3.86. The van der Waals surface area contributed by atoms with E-state index in [1.54, 1.807) is 11.1 Å². The van der Waals surface area contributed by atoms with Gasteiger partial charge in [-0.3, -0.25) is 0 Å². The molecule has 0 unspecified atom stereocenters. The van der Waals surface area contributed by atoms with Crippen molar-refractivity contribution in [1.29, 1.82) is 0 Å². The van der Waals surface area contributed by atoms with E-state index in [9.17, 15) is 0 Å². The van der Waals surface area contributed by atoms with Crippen molar-refractivity contribution in [2.24, 2.45) is 0 Å². The van der Waals surface area contributed by atoms with E-state index in [4.69, 9.17) is 0 Å². The van der Waals surface area contributed by atoms with Gasteiger partial charge in [-0.15, -0.1) is 0 Å². The lowest BCUT2D eigenvalue weighted by Gasteiger charge is -2.12. The van der Waals surface area contributed by atoms with Gasteiger partial charge in [-0.2, -0.15) is 0 Å². The van der Waals surface area contributed by atoms with E-state index in [-0.39, 0.29) is 0 Å². The molecule has 2 rings (SSSR count). The van der Waals surface area contributed by atoms with Crippen LogP contribution in [0.3, 0.4) is 0 Å². The minimum Gasteiger partial charge on any atom is -0.0586 e. The molecule has 0 N–H and O–H groups in total. The minimum atomic E-state index is 0.625. The molecular weight excluding hydrogens is 224 g/mol. The maximum Gasteiger partial charge on any atom is 0.0244 e. The van der Waals surface area contributed by atoms with Crippen molar-refractivity contribution in [3.63, 3.8) is 0 Å². The Morgan fingerprint density at radius 2 is 2.00 bits per heavy atom. The van der Waals surface area contributed by atoms with Crippen molar-refractivity contribution in [1.82, 2.24) is 0 Å². The molecule has 0 saturated heterocycles. The van der Waals surface area contributed by atoms with E-state index in [0.29, 0.717) is 5.92 Å². The zero-order valence-electron chi connectivity index (χ0n) is 8.23. The summed E-state index contributed by atoms with van der Waals surface area (Å²) in [5, 5.41) is 0. The Morgan fingerprint density at radius 1 is 1.23 bits per heavy atom. The van der Waals surface area contributed by atoms with Gasteiger partial charge < -0.3 is 0 Å². The molecule has 0 bridgehead atoms. The summed E-state index contributed by atoms with van der Waals surface area (Å²) in [6, 6.07) is 4.58. The number of hydrogen-bond donors (Lipinski definition) is 0. The second-order valence-corrected chi connectivity index (χ2v) is 4.91. The smallest absolute Gasteiger partial charge is 0.0244 e. The molecule has 0 fully saturated rings. The van der Waals surface area contributed by atoms with Crippen LogP contribution >= 0.6 is 15.9 Å². The van der Waals surface area contributed by atoms with Crippen LogP contribution in [-0.2, 0) is 12.8 Å². The van der Waals surface area contributed by atoms with E-state index >= 15 is 0 Å². The first-order valence-corrected chi connectivity index (χ1v) is 5.79. The highest BCUT2D eigenvalue weighted by Crippen LogP contribution is 2.34. The summed E-state index contributed by atoms with van der Waals surface area (Å²) in [5.41, 5.74) is 4.57. The highest BCUT2D eigenvalue weighted by Gasteiger charge is 2.16. The van der Waals surface area contributed by atoms with E-state index in [2.05, 4.69) is 41.9 Å². The third-order valence-electron chi connectivity index (χ3n) is 2.86. The molecule has 0 heterocycles. The Labute approximate surface area is 88.5 Å². The number of halogens is 1. The fraction of sp³-hybridized carbons (Fsp3) is 0.500. The second-order valence-electron chi connectivity index (χ2n) is 4.11. The quantitative estimate of drug-likeness (QED) is 0.693. The van der Waals surface area contributed by atoms with Crippen LogP contribution in [-0.4, -0.2) is 0 Å². The van der Waals surface area contributed by atoms with Gasteiger partial charge in [-0.05, 0) is 41.9 Å². The van der Waals surface area contributed by atoms with Crippen molar-refractivity contribution in [2.45, 2.75) is 39.0 Å². The molecule has 0 aromatic heterocycles. The molecule has 1 aliphatic carbocycles. The number of rotatable bonds is 1. The lowest BCUT2D eigenvalue weighted by Crippen LogP contribution is -1.94. The Balaban J connectivity index is 2.52. The molecule has 0 saturated carbocycles. The summed E-state index contributed by atoms with van der Waals surface area (Å²) in [6.45, 7) is 4.50. The van der Waals surface area contributed by atoms with Crippen LogP contribution in [0.25, 0.3) is 0 Å². The first-order chi connectivity index (χ1) is 6.20. The van der Waals surface area contributed by atoms with E-state index < -0.39 is 0 Å². The zero-order valence-corrected chi connectivity index (χ0v) is 9.82. The lowest BCUT2D eigenvalue weighted by molar-refractivity contribution is 0.855. The summed E-state index contributed by atoms with van der Waals surface area (Å²) in [7, 11) is 0. The zero-order chi connectivity index (χ0) is 9.42. The molecule has 1 aliphatic rings. The van der Waals surface area contributed by atoms with Gasteiger partial charge in [0, 0.05) is 4.47 Å². The molecule has 0 radical (unpaired) electrons. The summed E-state index contributed by atoms with van der Waals surface area (Å²) >= 11 is 3.73. The van der Waals surface area contributed by atoms with Crippen molar-refractivity contribution in [2.75, 3.05) is 0 Å². The second kappa shape index (κ2) is 3.45. The van der Waals surface area contributed by atoms with Crippen molar-refractivity contribution in [3.05, 3.63) is 33.3 Å². The monoisotopic (exact) mass is 238 g/mol. The van der Waals surface area contributed by atoms with Gasteiger partial charge >= 0.3 is 0 Å². The van der Waals surface area contributed by atoms with Crippen LogP contribution in [0.2, 0.25) is 0 Å². The van der Waals surface area contributed by atoms with Crippen LogP contribution in [0.1, 0.15) is 42.9 Å². The molecule has 0 spiro atoms. The van der Waals surface area contributed by atoms with E-state index in [0.717, 1.165) is 0 Å². The average molecular weight is 239 g/mol. The predicted octanol–water partition coefficient (Wildman–Crippen LogP) is 4.06. The Kier molecular flexibility index (Phi) is 2.46. The number of aryl methyl sites for hydroxylation is 1. The first kappa shape index (κ1) is 9.26. The molecule has 1 aromatic rings. The van der Waals surface area contributed by atoms with Crippen molar-refractivity contribution >= 4 is 15.9 Å². The van der Waals surface area contributed by atoms with Gasteiger partial charge in [-0.1, -0.05) is 41.9 Å². The summed E-state index contributed by atoms with van der Waals surface area (Å²) < 4.78 is 1.37. The van der Waals surface area contributed by atoms with Gasteiger partial charge in [0.1, 0.15) is 0 Å². The number of hydrogen-bond acceptors (Lipinski definition) is 0. The van der Waals surface area contributed by atoms with E-state index in [1.165, 1.54) is 29.3 Å². The molecule has 13 heavy (non-hydrogen) atoms. The standard InChI is InChI=1S/C12H15Br/c1-8(2)10-7-6-9-4-3-5-11(9)12(10)13/h6-8H,3-5H2,1-2H3. The minimum absolute atomic E-state index is 0.625. The molecule has 0 nitrogen and oxygen atoms in total. The van der Waals surface area contributed by atoms with Gasteiger partial charge in [0.05, 0.1) is 0 Å². The Morgan fingerprint density at radius 3 is 2.69 bits per heavy atom. The van der Waals surface area contributed by atoms with Crippen LogP contribution in [0.15, 0.2) is 16.6 Å². The third-order valence-corrected chi connectivity index (χ3v) is 3.80. The average Bonchev–Trinajstić information content (AvgIpc) is 2.52. The van der Waals surface area contributed by atoms with Gasteiger partial charge in [0.15, 0.2) is 0 Å². The first-order valence-electron chi connectivity index (χ1n) is 5.00. The normalized spacial score (nSPS) is 15.1. The maximum atomic E-state index is 3.73. The van der Waals surface area contributed by atoms with Gasteiger partial charge in [-0.25, -0.2) is 0 Å². The fourth-order valence-electron chi connectivity index (χ4n) is 2.09. The molecular formula is C12H15Br. The molecule has 0 atom stereocenters. The molecule has 0 amide bonds. The van der Waals surface area contributed by atoms with Crippen molar-refractivity contribution in [3.8, 4) is 0 Å². The maximum absolute atomic E-state index is 3.73. The molecule has 1 aromatic carbocycles. The summed E-state index contributed by atoms with van der Waals surface area (Å²) in [5.74, 6) is 0.625. The van der Waals surface area contributed by atoms with Gasteiger partial charge in [0.25, 0.3) is 0 Å². The summed E-state index contributed by atoms with van der Waals surface area (Å²) in [4.78, 5) is 0. The Bertz CT molecular complexity index is 326. The lowest BCUT2D eigenvalue weighted by atomic mass is 9.99. The van der Waals surface area contributed by atoms with E-state index in [1.807, 2.05) is 0 Å². The SMILES string of the molecule is CC(C)c1ccc2c(c1Br)CCC2. The van der Waals surface area contributed by atoms with Crippen LogP contribution in [0.5, 0.6) is 0 Å². The van der Waals surface area contributed by atoms with Crippen molar-refractivity contribution < 1.29 is 0 Å². The largest absolute Gasteiger partial charge is 0.0586 e. The Hall–Kier alpha value is -0.300. The van der Waals surface area contributed by atoms with Crippen LogP contribution < -0.4 is 0 Å². The number of benzene rings is 1. The molecule has 1 heteroatoms. The van der Waals surface area contributed by atoms with Crippen LogP contribution in [0.4, 0.5) is 0 Å². The molecule has 70 valence electrons. The van der Waals surface area contributed by atoms with Gasteiger partial charge in [0.2, 0.25) is 0 Å². The van der Waals surface area contributed by atoms with Crippen LogP contribution in [0, 0.1) is 0 Å².